The number of ether oxygens (including phenoxy) is 1. The van der Waals surface area contributed by atoms with Gasteiger partial charge in [-0.15, -0.1) is 0 Å². The fourth-order valence-electron chi connectivity index (χ4n) is 3.15. The zero-order valence-electron chi connectivity index (χ0n) is 13.4. The van der Waals surface area contributed by atoms with Crippen LogP contribution in [0.2, 0.25) is 0 Å². The molecule has 5 nitrogen and oxygen atoms in total. The van der Waals surface area contributed by atoms with E-state index < -0.39 is 18.1 Å². The molecule has 1 amide bonds. The van der Waals surface area contributed by atoms with Gasteiger partial charge in [-0.05, 0) is 29.2 Å². The lowest BCUT2D eigenvalue weighted by Gasteiger charge is -2.16. The Hall–Kier alpha value is -2.82. The lowest BCUT2D eigenvalue weighted by atomic mass is 9.98. The van der Waals surface area contributed by atoms with Gasteiger partial charge in [0.05, 0.1) is 6.42 Å². The predicted octanol–water partition coefficient (Wildman–Crippen LogP) is 3.39. The van der Waals surface area contributed by atoms with Gasteiger partial charge >= 0.3 is 12.1 Å². The zero-order chi connectivity index (χ0) is 17.1. The Morgan fingerprint density at radius 3 is 2.17 bits per heavy atom. The van der Waals surface area contributed by atoms with E-state index in [1.165, 1.54) is 11.1 Å². The second-order valence-electron chi connectivity index (χ2n) is 5.97. The van der Waals surface area contributed by atoms with Crippen LogP contribution >= 0.6 is 0 Å². The summed E-state index contributed by atoms with van der Waals surface area (Å²) in [6.45, 7) is 1.86. The number of amides is 1. The minimum atomic E-state index is -0.957. The fourth-order valence-corrected chi connectivity index (χ4v) is 3.15. The summed E-state index contributed by atoms with van der Waals surface area (Å²) in [5.74, 6) is -0.959. The number of carbonyl (C=O) groups excluding carboxylic acids is 1. The summed E-state index contributed by atoms with van der Waals surface area (Å²) in [6.07, 6.45) is -0.727. The second kappa shape index (κ2) is 6.74. The SMILES string of the molecule is C[C@@H](CC(=O)O)NC(=O)OCC1c2ccccc2-c2ccccc21. The normalized spacial score (nSPS) is 13.7. The van der Waals surface area contributed by atoms with Gasteiger partial charge < -0.3 is 15.2 Å². The highest BCUT2D eigenvalue weighted by atomic mass is 16.5. The molecule has 24 heavy (non-hydrogen) atoms. The van der Waals surface area contributed by atoms with Gasteiger partial charge in [0, 0.05) is 12.0 Å². The third kappa shape index (κ3) is 3.25. The van der Waals surface area contributed by atoms with E-state index in [-0.39, 0.29) is 18.9 Å². The molecular weight excluding hydrogens is 306 g/mol. The molecule has 0 spiro atoms. The Kier molecular flexibility index (Phi) is 4.51. The minimum Gasteiger partial charge on any atom is -0.481 e. The number of carboxylic acid groups (broad SMARTS) is 1. The first-order valence-electron chi connectivity index (χ1n) is 7.89. The molecule has 0 saturated carbocycles. The Morgan fingerprint density at radius 2 is 1.62 bits per heavy atom. The molecule has 1 aliphatic carbocycles. The van der Waals surface area contributed by atoms with Crippen LogP contribution in [0.3, 0.4) is 0 Å². The van der Waals surface area contributed by atoms with Crippen molar-refractivity contribution < 1.29 is 19.4 Å². The van der Waals surface area contributed by atoms with Crippen LogP contribution in [0.25, 0.3) is 11.1 Å². The van der Waals surface area contributed by atoms with E-state index in [0.717, 1.165) is 11.1 Å². The highest BCUT2D eigenvalue weighted by Crippen LogP contribution is 2.44. The van der Waals surface area contributed by atoms with Gasteiger partial charge in [-0.2, -0.15) is 0 Å². The van der Waals surface area contributed by atoms with Crippen LogP contribution < -0.4 is 5.32 Å². The summed E-state index contributed by atoms with van der Waals surface area (Å²) in [5, 5.41) is 11.3. The summed E-state index contributed by atoms with van der Waals surface area (Å²) < 4.78 is 5.35. The molecule has 0 unspecified atom stereocenters. The molecule has 0 heterocycles. The molecule has 0 fully saturated rings. The van der Waals surface area contributed by atoms with E-state index >= 15 is 0 Å². The van der Waals surface area contributed by atoms with Gasteiger partial charge in [-0.3, -0.25) is 4.79 Å². The quantitative estimate of drug-likeness (QED) is 0.883. The van der Waals surface area contributed by atoms with Crippen LogP contribution in [0, 0.1) is 0 Å². The number of alkyl carbamates (subject to hydrolysis) is 1. The van der Waals surface area contributed by atoms with Crippen molar-refractivity contribution in [3.63, 3.8) is 0 Å². The molecule has 0 radical (unpaired) electrons. The minimum absolute atomic E-state index is 0.00192. The van der Waals surface area contributed by atoms with Gasteiger partial charge in [0.25, 0.3) is 0 Å². The number of hydrogen-bond acceptors (Lipinski definition) is 3. The van der Waals surface area contributed by atoms with Crippen molar-refractivity contribution >= 4 is 12.1 Å². The first kappa shape index (κ1) is 16.1. The van der Waals surface area contributed by atoms with Gasteiger partial charge in [0.2, 0.25) is 0 Å². The van der Waals surface area contributed by atoms with Gasteiger partial charge in [-0.25, -0.2) is 4.79 Å². The first-order valence-corrected chi connectivity index (χ1v) is 7.89. The van der Waals surface area contributed by atoms with Crippen molar-refractivity contribution in [1.82, 2.24) is 5.32 Å². The van der Waals surface area contributed by atoms with Crippen molar-refractivity contribution in [1.29, 1.82) is 0 Å². The maximum Gasteiger partial charge on any atom is 0.407 e. The van der Waals surface area contributed by atoms with Crippen LogP contribution in [0.5, 0.6) is 0 Å². The topological polar surface area (TPSA) is 75.6 Å². The molecular formula is C19H19NO4. The Balaban J connectivity index is 1.69. The Morgan fingerprint density at radius 1 is 1.08 bits per heavy atom. The molecule has 124 valence electrons. The Bertz CT molecular complexity index is 726. The summed E-state index contributed by atoms with van der Waals surface area (Å²) in [5.41, 5.74) is 4.62. The summed E-state index contributed by atoms with van der Waals surface area (Å²) >= 11 is 0. The first-order chi connectivity index (χ1) is 11.6. The summed E-state index contributed by atoms with van der Waals surface area (Å²) in [4.78, 5) is 22.5. The third-order valence-electron chi connectivity index (χ3n) is 4.19. The average Bonchev–Trinajstić information content (AvgIpc) is 2.86. The molecule has 1 atom stereocenters. The molecule has 0 bridgehead atoms. The number of rotatable bonds is 5. The number of nitrogens with one attached hydrogen (secondary N) is 1. The van der Waals surface area contributed by atoms with E-state index in [0.29, 0.717) is 0 Å². The number of benzene rings is 2. The van der Waals surface area contributed by atoms with Crippen LogP contribution in [-0.2, 0) is 9.53 Å². The number of aliphatic carboxylic acids is 1. The summed E-state index contributed by atoms with van der Waals surface area (Å²) in [6, 6.07) is 15.7. The van der Waals surface area contributed by atoms with Crippen molar-refractivity contribution in [2.45, 2.75) is 25.3 Å². The average molecular weight is 325 g/mol. The smallest absolute Gasteiger partial charge is 0.407 e. The lowest BCUT2D eigenvalue weighted by Crippen LogP contribution is -2.35. The summed E-state index contributed by atoms with van der Waals surface area (Å²) in [7, 11) is 0. The van der Waals surface area contributed by atoms with Crippen LogP contribution in [0.4, 0.5) is 4.79 Å². The van der Waals surface area contributed by atoms with Crippen molar-refractivity contribution in [3.8, 4) is 11.1 Å². The monoisotopic (exact) mass is 325 g/mol. The fraction of sp³-hybridized carbons (Fsp3) is 0.263. The maximum absolute atomic E-state index is 11.9. The Labute approximate surface area is 140 Å². The third-order valence-corrected chi connectivity index (χ3v) is 4.19. The molecule has 0 aromatic heterocycles. The van der Waals surface area contributed by atoms with Gasteiger partial charge in [-0.1, -0.05) is 48.5 Å². The molecule has 5 heteroatoms. The number of carboxylic acids is 1. The number of carbonyl (C=O) groups is 2. The highest BCUT2D eigenvalue weighted by Gasteiger charge is 2.29. The lowest BCUT2D eigenvalue weighted by molar-refractivity contribution is -0.137. The van der Waals surface area contributed by atoms with E-state index in [4.69, 9.17) is 9.84 Å². The van der Waals surface area contributed by atoms with Gasteiger partial charge in [0.1, 0.15) is 6.61 Å². The van der Waals surface area contributed by atoms with Crippen molar-refractivity contribution in [2.24, 2.45) is 0 Å². The largest absolute Gasteiger partial charge is 0.481 e. The van der Waals surface area contributed by atoms with E-state index in [2.05, 4.69) is 17.4 Å². The second-order valence-corrected chi connectivity index (χ2v) is 5.97. The van der Waals surface area contributed by atoms with Crippen LogP contribution in [-0.4, -0.2) is 29.8 Å². The molecule has 3 rings (SSSR count). The van der Waals surface area contributed by atoms with E-state index in [9.17, 15) is 9.59 Å². The molecule has 0 aliphatic heterocycles. The van der Waals surface area contributed by atoms with E-state index in [1.54, 1.807) is 6.92 Å². The molecule has 2 aromatic rings. The molecule has 2 aromatic carbocycles. The van der Waals surface area contributed by atoms with Gasteiger partial charge in [0.15, 0.2) is 0 Å². The highest BCUT2D eigenvalue weighted by molar-refractivity contribution is 5.79. The number of hydrogen-bond donors (Lipinski definition) is 2. The van der Waals surface area contributed by atoms with Crippen LogP contribution in [0.15, 0.2) is 48.5 Å². The standard InChI is InChI=1S/C19H19NO4/c1-12(10-18(21)22)20-19(23)24-11-17-15-8-4-2-6-13(15)14-7-3-5-9-16(14)17/h2-9,12,17H,10-11H2,1H3,(H,20,23)(H,21,22)/t12-/m0/s1. The molecule has 2 N–H and O–H groups in total. The van der Waals surface area contributed by atoms with E-state index in [1.807, 2.05) is 36.4 Å². The molecule has 0 saturated heterocycles. The zero-order valence-corrected chi connectivity index (χ0v) is 13.4. The van der Waals surface area contributed by atoms with Crippen molar-refractivity contribution in [3.05, 3.63) is 59.7 Å². The maximum atomic E-state index is 11.9. The van der Waals surface area contributed by atoms with Crippen molar-refractivity contribution in [2.75, 3.05) is 6.61 Å². The predicted molar refractivity (Wildman–Crippen MR) is 89.9 cm³/mol. The number of fused-ring (bicyclic) bond motifs is 3. The van der Waals surface area contributed by atoms with Crippen LogP contribution in [0.1, 0.15) is 30.4 Å². The molecule has 1 aliphatic rings.